The molecule has 4 rings (SSSR count). The first-order valence-corrected chi connectivity index (χ1v) is 13.4. The molecule has 8 nitrogen and oxygen atoms in total. The number of carbonyl (C=O) groups excluding carboxylic acids is 2. The van der Waals surface area contributed by atoms with Gasteiger partial charge in [0.1, 0.15) is 11.8 Å². The van der Waals surface area contributed by atoms with Gasteiger partial charge in [0.15, 0.2) is 0 Å². The fourth-order valence-electron chi connectivity index (χ4n) is 5.91. The van der Waals surface area contributed by atoms with Crippen LogP contribution >= 0.6 is 0 Å². The Balaban J connectivity index is 1.54. The number of benzene rings is 1. The lowest BCUT2D eigenvalue weighted by Gasteiger charge is -2.35. The van der Waals surface area contributed by atoms with E-state index in [1.807, 2.05) is 12.1 Å². The minimum atomic E-state index is -0.511. The van der Waals surface area contributed by atoms with E-state index in [-0.39, 0.29) is 24.0 Å². The number of nitrogens with one attached hydrogen (secondary N) is 1. The van der Waals surface area contributed by atoms with E-state index >= 15 is 0 Å². The number of rotatable bonds is 10. The van der Waals surface area contributed by atoms with Crippen molar-refractivity contribution in [2.24, 2.45) is 11.7 Å². The molecule has 194 valence electrons. The number of likely N-dealkylation sites (tertiary alicyclic amines) is 1. The standard InChI is InChI=1S/C27H42N4O4/c1-34-23-10-5-9-21(15-23)27(33)31-18-22(16-25(31)26(32)29-13-12-28)30(19-24-11-6-14-35-24)17-20-7-3-2-4-8-20/h5,9-10,15,20,22,24-25H,2-4,6-8,11-14,16-19,28H2,1H3,(H,29,32). The van der Waals surface area contributed by atoms with Gasteiger partial charge in [-0.15, -0.1) is 0 Å². The number of amides is 2. The van der Waals surface area contributed by atoms with E-state index < -0.39 is 6.04 Å². The Hall–Kier alpha value is -2.16. The van der Waals surface area contributed by atoms with Crippen LogP contribution in [0, 0.1) is 5.92 Å². The highest BCUT2D eigenvalue weighted by Gasteiger charge is 2.43. The summed E-state index contributed by atoms with van der Waals surface area (Å²) in [5, 5.41) is 2.92. The van der Waals surface area contributed by atoms with Crippen molar-refractivity contribution in [3.8, 4) is 5.75 Å². The molecule has 2 amide bonds. The van der Waals surface area contributed by atoms with E-state index in [0.717, 1.165) is 32.5 Å². The van der Waals surface area contributed by atoms with Gasteiger partial charge in [-0.3, -0.25) is 14.5 Å². The Morgan fingerprint density at radius 2 is 2.00 bits per heavy atom. The molecule has 0 bridgehead atoms. The Bertz CT molecular complexity index is 838. The van der Waals surface area contributed by atoms with E-state index in [9.17, 15) is 9.59 Å². The average molecular weight is 487 g/mol. The molecule has 8 heteroatoms. The van der Waals surface area contributed by atoms with Gasteiger partial charge in [0.25, 0.3) is 5.91 Å². The fraction of sp³-hybridized carbons (Fsp3) is 0.704. The largest absolute Gasteiger partial charge is 0.497 e. The van der Waals surface area contributed by atoms with Crippen molar-refractivity contribution in [1.82, 2.24) is 15.1 Å². The molecule has 2 aliphatic heterocycles. The highest BCUT2D eigenvalue weighted by Crippen LogP contribution is 2.30. The van der Waals surface area contributed by atoms with E-state index in [1.165, 1.54) is 32.1 Å². The summed E-state index contributed by atoms with van der Waals surface area (Å²) in [6.45, 7) is 4.04. The van der Waals surface area contributed by atoms with Gasteiger partial charge in [-0.25, -0.2) is 0 Å². The highest BCUT2D eigenvalue weighted by molar-refractivity contribution is 5.98. The zero-order chi connectivity index (χ0) is 24.6. The first kappa shape index (κ1) is 25.9. The molecular formula is C27H42N4O4. The van der Waals surface area contributed by atoms with Crippen molar-refractivity contribution in [3.05, 3.63) is 29.8 Å². The Morgan fingerprint density at radius 3 is 2.71 bits per heavy atom. The Kier molecular flexibility index (Phi) is 9.40. The lowest BCUT2D eigenvalue weighted by molar-refractivity contribution is -0.124. The first-order valence-electron chi connectivity index (χ1n) is 13.4. The molecule has 0 aromatic heterocycles. The van der Waals surface area contributed by atoms with Crippen LogP contribution in [0.3, 0.4) is 0 Å². The monoisotopic (exact) mass is 486 g/mol. The normalized spacial score (nSPS) is 25.2. The van der Waals surface area contributed by atoms with Crippen LogP contribution in [-0.4, -0.2) is 86.2 Å². The van der Waals surface area contributed by atoms with Gasteiger partial charge in [-0.2, -0.15) is 0 Å². The average Bonchev–Trinajstić information content (AvgIpc) is 3.57. The molecule has 3 N–H and O–H groups in total. The van der Waals surface area contributed by atoms with E-state index in [1.54, 1.807) is 24.1 Å². The molecule has 35 heavy (non-hydrogen) atoms. The SMILES string of the molecule is COc1cccc(C(=O)N2CC(N(CC3CCCCC3)CC3CCCO3)CC2C(=O)NCCN)c1. The highest BCUT2D eigenvalue weighted by atomic mass is 16.5. The number of methoxy groups -OCH3 is 1. The first-order chi connectivity index (χ1) is 17.1. The maximum atomic E-state index is 13.6. The number of hydrogen-bond acceptors (Lipinski definition) is 6. The molecule has 0 spiro atoms. The number of nitrogens with two attached hydrogens (primary N) is 1. The van der Waals surface area contributed by atoms with Gasteiger partial charge in [-0.05, 0) is 56.2 Å². The zero-order valence-electron chi connectivity index (χ0n) is 21.1. The van der Waals surface area contributed by atoms with Crippen molar-refractivity contribution in [3.63, 3.8) is 0 Å². The summed E-state index contributed by atoms with van der Waals surface area (Å²) in [7, 11) is 1.59. The summed E-state index contributed by atoms with van der Waals surface area (Å²) in [6, 6.07) is 6.79. The van der Waals surface area contributed by atoms with Gasteiger partial charge in [0, 0.05) is 50.9 Å². The van der Waals surface area contributed by atoms with Crippen molar-refractivity contribution < 1.29 is 19.1 Å². The molecule has 3 aliphatic rings. The number of carbonyl (C=O) groups is 2. The second kappa shape index (κ2) is 12.7. The summed E-state index contributed by atoms with van der Waals surface area (Å²) < 4.78 is 11.3. The second-order valence-electron chi connectivity index (χ2n) is 10.3. The third-order valence-corrected chi connectivity index (χ3v) is 7.80. The van der Waals surface area contributed by atoms with Crippen LogP contribution in [0.25, 0.3) is 0 Å². The second-order valence-corrected chi connectivity index (χ2v) is 10.3. The Morgan fingerprint density at radius 1 is 1.17 bits per heavy atom. The molecular weight excluding hydrogens is 444 g/mol. The lowest BCUT2D eigenvalue weighted by Crippen LogP contribution is -2.47. The van der Waals surface area contributed by atoms with Crippen LogP contribution in [-0.2, 0) is 9.53 Å². The van der Waals surface area contributed by atoms with Gasteiger partial charge in [0.2, 0.25) is 5.91 Å². The van der Waals surface area contributed by atoms with Crippen LogP contribution in [0.1, 0.15) is 61.7 Å². The molecule has 1 aliphatic carbocycles. The summed E-state index contributed by atoms with van der Waals surface area (Å²) >= 11 is 0. The summed E-state index contributed by atoms with van der Waals surface area (Å²) in [6.07, 6.45) is 9.53. The molecule has 3 fully saturated rings. The predicted molar refractivity (Wildman–Crippen MR) is 135 cm³/mol. The minimum Gasteiger partial charge on any atom is -0.497 e. The number of ether oxygens (including phenoxy) is 2. The van der Waals surface area contributed by atoms with Crippen LogP contribution in [0.15, 0.2) is 24.3 Å². The fourth-order valence-corrected chi connectivity index (χ4v) is 5.91. The maximum Gasteiger partial charge on any atom is 0.254 e. The summed E-state index contributed by atoms with van der Waals surface area (Å²) in [5.74, 6) is 1.06. The third-order valence-electron chi connectivity index (χ3n) is 7.80. The van der Waals surface area contributed by atoms with Crippen molar-refractivity contribution in [2.75, 3.05) is 46.4 Å². The maximum absolute atomic E-state index is 13.6. The molecule has 1 saturated carbocycles. The molecule has 2 saturated heterocycles. The Labute approximate surface area is 209 Å². The van der Waals surface area contributed by atoms with Gasteiger partial charge < -0.3 is 25.4 Å². The van der Waals surface area contributed by atoms with E-state index in [0.29, 0.717) is 43.3 Å². The summed E-state index contributed by atoms with van der Waals surface area (Å²) in [4.78, 5) is 31.1. The van der Waals surface area contributed by atoms with Crippen molar-refractivity contribution >= 4 is 11.8 Å². The van der Waals surface area contributed by atoms with Crippen LogP contribution < -0.4 is 15.8 Å². The quantitative estimate of drug-likeness (QED) is 0.527. The van der Waals surface area contributed by atoms with Crippen molar-refractivity contribution in [2.45, 2.75) is 69.6 Å². The molecule has 0 radical (unpaired) electrons. The van der Waals surface area contributed by atoms with E-state index in [4.69, 9.17) is 15.2 Å². The van der Waals surface area contributed by atoms with Gasteiger partial charge in [-0.1, -0.05) is 25.3 Å². The topological polar surface area (TPSA) is 97.1 Å². The predicted octanol–water partition coefficient (Wildman–Crippen LogP) is 2.41. The zero-order valence-corrected chi connectivity index (χ0v) is 21.1. The summed E-state index contributed by atoms with van der Waals surface area (Å²) in [5.41, 5.74) is 6.17. The van der Waals surface area contributed by atoms with E-state index in [2.05, 4.69) is 10.2 Å². The molecule has 1 aromatic carbocycles. The molecule has 3 unspecified atom stereocenters. The van der Waals surface area contributed by atoms with Gasteiger partial charge >= 0.3 is 0 Å². The number of nitrogens with zero attached hydrogens (tertiary/aromatic N) is 2. The molecule has 2 heterocycles. The third kappa shape index (κ3) is 6.74. The van der Waals surface area contributed by atoms with Gasteiger partial charge in [0.05, 0.1) is 13.2 Å². The smallest absolute Gasteiger partial charge is 0.254 e. The van der Waals surface area contributed by atoms with Crippen LogP contribution in [0.2, 0.25) is 0 Å². The lowest BCUT2D eigenvalue weighted by atomic mass is 9.88. The minimum absolute atomic E-state index is 0.121. The van der Waals surface area contributed by atoms with Crippen LogP contribution in [0.4, 0.5) is 0 Å². The van der Waals surface area contributed by atoms with Crippen LogP contribution in [0.5, 0.6) is 5.75 Å². The molecule has 1 aromatic rings. The van der Waals surface area contributed by atoms with Crippen molar-refractivity contribution in [1.29, 1.82) is 0 Å². The molecule has 3 atom stereocenters. The number of hydrogen-bond donors (Lipinski definition) is 2.